The first kappa shape index (κ1) is 24.7. The van der Waals surface area contributed by atoms with Gasteiger partial charge in [0.1, 0.15) is 11.5 Å². The molecule has 2 saturated heterocycles. The number of aromatic nitrogens is 5. The summed E-state index contributed by atoms with van der Waals surface area (Å²) in [6.45, 7) is 10.4. The van der Waals surface area contributed by atoms with Crippen LogP contribution in [0.3, 0.4) is 0 Å². The van der Waals surface area contributed by atoms with E-state index in [1.807, 2.05) is 17.1 Å². The fourth-order valence-corrected chi connectivity index (χ4v) is 6.54. The third-order valence-corrected chi connectivity index (χ3v) is 9.07. The van der Waals surface area contributed by atoms with Gasteiger partial charge >= 0.3 is 0 Å². The van der Waals surface area contributed by atoms with Gasteiger partial charge in [0.15, 0.2) is 5.84 Å². The van der Waals surface area contributed by atoms with Crippen LogP contribution in [0, 0.1) is 5.41 Å². The Balaban J connectivity index is 1.09. The summed E-state index contributed by atoms with van der Waals surface area (Å²) in [5, 5.41) is 4.49. The summed E-state index contributed by atoms with van der Waals surface area (Å²) in [4.78, 5) is 24.5. The average Bonchev–Trinajstić information content (AvgIpc) is 3.68. The van der Waals surface area contributed by atoms with Crippen molar-refractivity contribution in [1.29, 1.82) is 0 Å². The Kier molecular flexibility index (Phi) is 5.93. The monoisotopic (exact) mass is 527 g/mol. The van der Waals surface area contributed by atoms with Crippen LogP contribution in [-0.4, -0.2) is 69.0 Å². The molecule has 0 amide bonds. The van der Waals surface area contributed by atoms with Crippen LogP contribution in [0.15, 0.2) is 35.7 Å². The molecular weight excluding hydrogens is 490 g/mol. The molecular formula is C29H37N9O. The third-order valence-electron chi connectivity index (χ3n) is 9.07. The highest BCUT2D eigenvalue weighted by Crippen LogP contribution is 2.42. The van der Waals surface area contributed by atoms with Crippen LogP contribution in [0.4, 0.5) is 11.5 Å². The molecule has 4 aliphatic heterocycles. The highest BCUT2D eigenvalue weighted by atomic mass is 16.5. The Morgan fingerprint density at radius 1 is 1.08 bits per heavy atom. The second-order valence-electron chi connectivity index (χ2n) is 11.8. The van der Waals surface area contributed by atoms with Gasteiger partial charge in [0, 0.05) is 48.9 Å². The summed E-state index contributed by atoms with van der Waals surface area (Å²) in [6, 6.07) is 4.70. The number of ether oxygens (including phenoxy) is 1. The van der Waals surface area contributed by atoms with E-state index in [4.69, 9.17) is 30.4 Å². The minimum absolute atomic E-state index is 0.0980. The molecule has 0 saturated carbocycles. The average molecular weight is 528 g/mol. The molecule has 3 aromatic heterocycles. The van der Waals surface area contributed by atoms with E-state index < -0.39 is 0 Å². The molecule has 2 fully saturated rings. The van der Waals surface area contributed by atoms with Gasteiger partial charge in [0.05, 0.1) is 54.4 Å². The minimum Gasteiger partial charge on any atom is -0.376 e. The first-order chi connectivity index (χ1) is 18.9. The Morgan fingerprint density at radius 3 is 2.67 bits per heavy atom. The molecule has 0 aliphatic carbocycles. The number of hydrogen-bond acceptors (Lipinski definition) is 9. The molecule has 10 nitrogen and oxygen atoms in total. The maximum atomic E-state index is 6.52. The number of piperidine rings is 1. The molecule has 204 valence electrons. The van der Waals surface area contributed by atoms with E-state index in [1.165, 1.54) is 0 Å². The van der Waals surface area contributed by atoms with Crippen LogP contribution in [0.2, 0.25) is 0 Å². The Hall–Kier alpha value is -3.37. The number of aliphatic imine (C=N–C) groups is 1. The van der Waals surface area contributed by atoms with Crippen LogP contribution in [0.5, 0.6) is 0 Å². The quantitative estimate of drug-likeness (QED) is 0.552. The predicted octanol–water partition coefficient (Wildman–Crippen LogP) is 3.36. The van der Waals surface area contributed by atoms with Crippen molar-refractivity contribution in [3.05, 3.63) is 47.8 Å². The van der Waals surface area contributed by atoms with E-state index in [1.54, 1.807) is 0 Å². The van der Waals surface area contributed by atoms with Crippen molar-refractivity contribution in [2.75, 3.05) is 36.0 Å². The van der Waals surface area contributed by atoms with Gasteiger partial charge in [0.2, 0.25) is 0 Å². The maximum Gasteiger partial charge on any atom is 0.156 e. The van der Waals surface area contributed by atoms with E-state index in [0.29, 0.717) is 12.6 Å². The SMILES string of the molecule is CC(C)n1cc(-c2ccc3c(n2)CCCN3C2=NCc3nc(N4CCC5(CC4)CO[C@@H](C)[C@H]5N)cnc32)cn1. The lowest BCUT2D eigenvalue weighted by Gasteiger charge is -2.41. The fraction of sp³-hybridized carbons (Fsp3) is 0.552. The summed E-state index contributed by atoms with van der Waals surface area (Å²) in [5.74, 6) is 1.85. The standard InChI is InChI=1S/C29H37N9O/c1-18(2)38-16-20(13-33-38)21-6-7-24-22(34-21)5-4-10-37(24)28-26-23(14-32-28)35-25(15-31-26)36-11-8-29(9-12-36)17-39-19(3)27(29)30/h6-7,13,15-16,18-19,27H,4-5,8-12,14,17,30H2,1-3H3/t19-,27+/m0/s1. The number of pyridine rings is 1. The van der Waals surface area contributed by atoms with Gasteiger partial charge in [-0.3, -0.25) is 14.7 Å². The molecule has 0 aromatic carbocycles. The Labute approximate surface area is 229 Å². The topological polar surface area (TPSA) is 111 Å². The molecule has 0 bridgehead atoms. The van der Waals surface area contributed by atoms with Crippen LogP contribution >= 0.6 is 0 Å². The molecule has 2 N–H and O–H groups in total. The second kappa shape index (κ2) is 9.38. The van der Waals surface area contributed by atoms with Gasteiger partial charge in [-0.05, 0) is 58.6 Å². The van der Waals surface area contributed by atoms with Gasteiger partial charge in [-0.15, -0.1) is 0 Å². The molecule has 1 spiro atoms. The molecule has 0 radical (unpaired) electrons. The molecule has 0 unspecified atom stereocenters. The van der Waals surface area contributed by atoms with Gasteiger partial charge in [0.25, 0.3) is 0 Å². The summed E-state index contributed by atoms with van der Waals surface area (Å²) in [5.41, 5.74) is 12.7. The number of fused-ring (bicyclic) bond motifs is 2. The lowest BCUT2D eigenvalue weighted by Crippen LogP contribution is -2.50. The smallest absolute Gasteiger partial charge is 0.156 e. The Morgan fingerprint density at radius 2 is 1.92 bits per heavy atom. The largest absolute Gasteiger partial charge is 0.376 e. The molecule has 7 heterocycles. The number of rotatable bonds is 3. The zero-order chi connectivity index (χ0) is 26.7. The number of anilines is 2. The van der Waals surface area contributed by atoms with Crippen molar-refractivity contribution in [2.45, 2.75) is 71.2 Å². The van der Waals surface area contributed by atoms with E-state index in [-0.39, 0.29) is 17.6 Å². The van der Waals surface area contributed by atoms with Gasteiger partial charge in [-0.25, -0.2) is 9.97 Å². The Bertz CT molecular complexity index is 1420. The first-order valence-corrected chi connectivity index (χ1v) is 14.3. The molecule has 7 rings (SSSR count). The third kappa shape index (κ3) is 4.12. The summed E-state index contributed by atoms with van der Waals surface area (Å²) < 4.78 is 7.87. The molecule has 10 heteroatoms. The highest BCUT2D eigenvalue weighted by molar-refractivity contribution is 6.11. The molecule has 4 aliphatic rings. The predicted molar refractivity (Wildman–Crippen MR) is 151 cm³/mol. The van der Waals surface area contributed by atoms with Crippen molar-refractivity contribution < 1.29 is 4.74 Å². The van der Waals surface area contributed by atoms with Crippen LogP contribution < -0.4 is 15.5 Å². The summed E-state index contributed by atoms with van der Waals surface area (Å²) in [6.07, 6.45) is 10.1. The van der Waals surface area contributed by atoms with Gasteiger partial charge in [-0.2, -0.15) is 5.10 Å². The van der Waals surface area contributed by atoms with Crippen molar-refractivity contribution in [2.24, 2.45) is 16.1 Å². The van der Waals surface area contributed by atoms with E-state index in [9.17, 15) is 0 Å². The highest BCUT2D eigenvalue weighted by Gasteiger charge is 2.47. The lowest BCUT2D eigenvalue weighted by molar-refractivity contribution is 0.0974. The fourth-order valence-electron chi connectivity index (χ4n) is 6.54. The maximum absolute atomic E-state index is 6.52. The molecule has 3 aromatic rings. The van der Waals surface area contributed by atoms with Crippen molar-refractivity contribution in [3.63, 3.8) is 0 Å². The number of amidine groups is 1. The summed E-state index contributed by atoms with van der Waals surface area (Å²) >= 11 is 0. The normalized spacial score (nSPS) is 23.9. The zero-order valence-corrected chi connectivity index (χ0v) is 23.0. The number of nitrogens with zero attached hydrogens (tertiary/aromatic N) is 8. The van der Waals surface area contributed by atoms with Crippen LogP contribution in [-0.2, 0) is 17.7 Å². The molecule has 39 heavy (non-hydrogen) atoms. The van der Waals surface area contributed by atoms with Crippen LogP contribution in [0.25, 0.3) is 11.3 Å². The number of aryl methyl sites for hydroxylation is 1. The van der Waals surface area contributed by atoms with Gasteiger partial charge < -0.3 is 20.3 Å². The first-order valence-electron chi connectivity index (χ1n) is 14.3. The van der Waals surface area contributed by atoms with E-state index >= 15 is 0 Å². The van der Waals surface area contributed by atoms with E-state index in [0.717, 1.165) is 97.6 Å². The minimum atomic E-state index is 0.0980. The van der Waals surface area contributed by atoms with Crippen molar-refractivity contribution in [3.8, 4) is 11.3 Å². The summed E-state index contributed by atoms with van der Waals surface area (Å²) in [7, 11) is 0. The van der Waals surface area contributed by atoms with Crippen molar-refractivity contribution in [1.82, 2.24) is 24.7 Å². The van der Waals surface area contributed by atoms with E-state index in [2.05, 4.69) is 54.0 Å². The number of nitrogens with two attached hydrogens (primary N) is 1. The zero-order valence-electron chi connectivity index (χ0n) is 23.0. The number of hydrogen-bond donors (Lipinski definition) is 1. The lowest BCUT2D eigenvalue weighted by atomic mass is 9.73. The second-order valence-corrected chi connectivity index (χ2v) is 11.8. The van der Waals surface area contributed by atoms with Gasteiger partial charge in [-0.1, -0.05) is 0 Å². The van der Waals surface area contributed by atoms with Crippen LogP contribution in [0.1, 0.15) is 63.2 Å². The van der Waals surface area contributed by atoms with Crippen molar-refractivity contribution >= 4 is 17.3 Å². The molecule has 2 atom stereocenters.